The Morgan fingerprint density at radius 3 is 2.84 bits per heavy atom. The molecule has 2 N–H and O–H groups in total. The smallest absolute Gasteiger partial charge is 0.212 e. The van der Waals surface area contributed by atoms with Crippen molar-refractivity contribution in [3.63, 3.8) is 0 Å². The summed E-state index contributed by atoms with van der Waals surface area (Å²) in [6, 6.07) is 13.8. The molecule has 0 unspecified atom stereocenters. The Bertz CT molecular complexity index is 939. The van der Waals surface area contributed by atoms with Crippen LogP contribution in [0.5, 0.6) is 5.88 Å². The zero-order chi connectivity index (χ0) is 17.1. The maximum absolute atomic E-state index is 5.92. The molecule has 0 bridgehead atoms. The number of nitrogens with one attached hydrogen (secondary N) is 2. The van der Waals surface area contributed by atoms with Crippen LogP contribution in [0.15, 0.2) is 59.3 Å². The molecular weight excluding hydrogens is 316 g/mol. The molecule has 3 aromatic heterocycles. The van der Waals surface area contributed by atoms with E-state index >= 15 is 0 Å². The van der Waals surface area contributed by atoms with E-state index in [1.165, 1.54) is 0 Å². The second-order valence-electron chi connectivity index (χ2n) is 5.73. The van der Waals surface area contributed by atoms with Gasteiger partial charge in [0.25, 0.3) is 0 Å². The summed E-state index contributed by atoms with van der Waals surface area (Å²) in [5.74, 6) is 1.41. The average molecular weight is 334 g/mol. The molecule has 6 nitrogen and oxygen atoms in total. The number of hydrogen-bond donors (Lipinski definition) is 2. The second-order valence-corrected chi connectivity index (χ2v) is 5.73. The lowest BCUT2D eigenvalue weighted by molar-refractivity contribution is 0.397. The Balaban J connectivity index is 1.46. The number of furan rings is 1. The van der Waals surface area contributed by atoms with E-state index in [2.05, 4.69) is 20.5 Å². The highest BCUT2D eigenvalue weighted by Gasteiger charge is 2.12. The van der Waals surface area contributed by atoms with Gasteiger partial charge in [0.05, 0.1) is 13.3 Å². The summed E-state index contributed by atoms with van der Waals surface area (Å²) >= 11 is 0. The van der Waals surface area contributed by atoms with Crippen LogP contribution in [0, 0.1) is 0 Å². The molecule has 126 valence electrons. The highest BCUT2D eigenvalue weighted by molar-refractivity contribution is 5.82. The van der Waals surface area contributed by atoms with Crippen molar-refractivity contribution in [1.29, 1.82) is 0 Å². The summed E-state index contributed by atoms with van der Waals surface area (Å²) < 4.78 is 11.0. The SMILES string of the molecule is COc1ccc(CNCc2cn[nH]c2-c2cc3ccccc3o2)cn1. The molecule has 0 aliphatic heterocycles. The first-order valence-electron chi connectivity index (χ1n) is 8.04. The fourth-order valence-electron chi connectivity index (χ4n) is 2.74. The molecule has 6 heteroatoms. The van der Waals surface area contributed by atoms with Crippen molar-refractivity contribution in [1.82, 2.24) is 20.5 Å². The number of benzene rings is 1. The van der Waals surface area contributed by atoms with E-state index in [1.807, 2.05) is 48.7 Å². The number of nitrogens with zero attached hydrogens (tertiary/aromatic N) is 2. The van der Waals surface area contributed by atoms with Crippen LogP contribution < -0.4 is 10.1 Å². The van der Waals surface area contributed by atoms with Gasteiger partial charge in [-0.25, -0.2) is 4.98 Å². The molecule has 0 atom stereocenters. The maximum atomic E-state index is 5.92. The highest BCUT2D eigenvalue weighted by atomic mass is 16.5. The van der Waals surface area contributed by atoms with Gasteiger partial charge < -0.3 is 14.5 Å². The van der Waals surface area contributed by atoms with Crippen molar-refractivity contribution in [2.45, 2.75) is 13.1 Å². The van der Waals surface area contributed by atoms with E-state index in [4.69, 9.17) is 9.15 Å². The van der Waals surface area contributed by atoms with Gasteiger partial charge in [0.15, 0.2) is 5.76 Å². The van der Waals surface area contributed by atoms with Crippen molar-refractivity contribution in [3.05, 3.63) is 66.0 Å². The van der Waals surface area contributed by atoms with Crippen LogP contribution in [0.25, 0.3) is 22.4 Å². The third kappa shape index (κ3) is 3.25. The Labute approximate surface area is 144 Å². The van der Waals surface area contributed by atoms with E-state index < -0.39 is 0 Å². The fourth-order valence-corrected chi connectivity index (χ4v) is 2.74. The molecule has 4 aromatic rings. The summed E-state index contributed by atoms with van der Waals surface area (Å²) in [4.78, 5) is 4.21. The number of fused-ring (bicyclic) bond motifs is 1. The van der Waals surface area contributed by atoms with Crippen LogP contribution in [0.2, 0.25) is 0 Å². The first-order valence-corrected chi connectivity index (χ1v) is 8.04. The maximum Gasteiger partial charge on any atom is 0.212 e. The van der Waals surface area contributed by atoms with E-state index in [1.54, 1.807) is 13.3 Å². The number of pyridine rings is 1. The van der Waals surface area contributed by atoms with Crippen LogP contribution in [0.1, 0.15) is 11.1 Å². The highest BCUT2D eigenvalue weighted by Crippen LogP contribution is 2.28. The Hall–Kier alpha value is -3.12. The number of para-hydroxylation sites is 1. The average Bonchev–Trinajstić information content (AvgIpc) is 3.28. The number of aromatic nitrogens is 3. The quantitative estimate of drug-likeness (QED) is 0.564. The van der Waals surface area contributed by atoms with Crippen molar-refractivity contribution in [2.24, 2.45) is 0 Å². The van der Waals surface area contributed by atoms with E-state index in [0.29, 0.717) is 19.0 Å². The summed E-state index contributed by atoms with van der Waals surface area (Å²) in [5, 5.41) is 11.7. The van der Waals surface area contributed by atoms with Gasteiger partial charge >= 0.3 is 0 Å². The molecule has 25 heavy (non-hydrogen) atoms. The largest absolute Gasteiger partial charge is 0.481 e. The third-order valence-electron chi connectivity index (χ3n) is 4.04. The number of H-pyrrole nitrogens is 1. The zero-order valence-electron chi connectivity index (χ0n) is 13.8. The minimum absolute atomic E-state index is 0.616. The molecule has 0 saturated heterocycles. The predicted octanol–water partition coefficient (Wildman–Crippen LogP) is 3.52. The summed E-state index contributed by atoms with van der Waals surface area (Å²) in [6.45, 7) is 1.39. The number of methoxy groups -OCH3 is 1. The molecule has 1 aromatic carbocycles. The van der Waals surface area contributed by atoms with Crippen molar-refractivity contribution in [2.75, 3.05) is 7.11 Å². The second kappa shape index (κ2) is 6.78. The minimum atomic E-state index is 0.616. The van der Waals surface area contributed by atoms with Crippen LogP contribution in [0.4, 0.5) is 0 Å². The lowest BCUT2D eigenvalue weighted by Crippen LogP contribution is -2.13. The standard InChI is InChI=1S/C19H18N4O2/c1-24-18-7-6-13(10-21-18)9-20-11-15-12-22-23-19(15)17-8-14-4-2-3-5-16(14)25-17/h2-8,10,12,20H,9,11H2,1H3,(H,22,23). The lowest BCUT2D eigenvalue weighted by Gasteiger charge is -2.05. The molecule has 0 fully saturated rings. The molecule has 0 saturated carbocycles. The molecule has 3 heterocycles. The third-order valence-corrected chi connectivity index (χ3v) is 4.04. The van der Waals surface area contributed by atoms with Gasteiger partial charge in [-0.15, -0.1) is 0 Å². The van der Waals surface area contributed by atoms with E-state index in [0.717, 1.165) is 33.6 Å². The minimum Gasteiger partial charge on any atom is -0.481 e. The Kier molecular flexibility index (Phi) is 4.18. The van der Waals surface area contributed by atoms with Crippen LogP contribution >= 0.6 is 0 Å². The molecule has 0 radical (unpaired) electrons. The Morgan fingerprint density at radius 1 is 1.12 bits per heavy atom. The molecule has 0 aliphatic carbocycles. The van der Waals surface area contributed by atoms with Crippen LogP contribution in [0.3, 0.4) is 0 Å². The molecule has 0 amide bonds. The number of aromatic amines is 1. The summed E-state index contributed by atoms with van der Waals surface area (Å²) in [5.41, 5.74) is 3.92. The van der Waals surface area contributed by atoms with Gasteiger partial charge in [-0.05, 0) is 17.7 Å². The van der Waals surface area contributed by atoms with Gasteiger partial charge in [-0.3, -0.25) is 5.10 Å². The molecule has 0 spiro atoms. The van der Waals surface area contributed by atoms with Crippen LogP contribution in [-0.2, 0) is 13.1 Å². The summed E-state index contributed by atoms with van der Waals surface area (Å²) in [6.07, 6.45) is 3.63. The molecular formula is C19H18N4O2. The van der Waals surface area contributed by atoms with Gasteiger partial charge in [-0.2, -0.15) is 5.10 Å². The van der Waals surface area contributed by atoms with E-state index in [9.17, 15) is 0 Å². The van der Waals surface area contributed by atoms with Crippen molar-refractivity contribution >= 4 is 11.0 Å². The molecule has 0 aliphatic rings. The van der Waals surface area contributed by atoms with Crippen molar-refractivity contribution in [3.8, 4) is 17.3 Å². The first kappa shape index (κ1) is 15.4. The number of ether oxygens (including phenoxy) is 1. The summed E-state index contributed by atoms with van der Waals surface area (Å²) in [7, 11) is 1.61. The topological polar surface area (TPSA) is 76.0 Å². The molecule has 4 rings (SSSR count). The number of rotatable bonds is 6. The van der Waals surface area contributed by atoms with Gasteiger partial charge in [0, 0.05) is 36.3 Å². The Morgan fingerprint density at radius 2 is 2.04 bits per heavy atom. The lowest BCUT2D eigenvalue weighted by atomic mass is 10.2. The van der Waals surface area contributed by atoms with E-state index in [-0.39, 0.29) is 0 Å². The number of hydrogen-bond acceptors (Lipinski definition) is 5. The first-order chi connectivity index (χ1) is 12.3. The van der Waals surface area contributed by atoms with Crippen molar-refractivity contribution < 1.29 is 9.15 Å². The normalized spacial score (nSPS) is 11.1. The van der Waals surface area contributed by atoms with Crippen LogP contribution in [-0.4, -0.2) is 22.3 Å². The van der Waals surface area contributed by atoms with Gasteiger partial charge in [0.1, 0.15) is 11.3 Å². The predicted molar refractivity (Wildman–Crippen MR) is 95.1 cm³/mol. The van der Waals surface area contributed by atoms with Gasteiger partial charge in [-0.1, -0.05) is 24.3 Å². The zero-order valence-corrected chi connectivity index (χ0v) is 13.8. The fraction of sp³-hybridized carbons (Fsp3) is 0.158. The monoisotopic (exact) mass is 334 g/mol. The van der Waals surface area contributed by atoms with Gasteiger partial charge in [0.2, 0.25) is 5.88 Å².